The minimum Gasteiger partial charge on any atom is -0.316 e. The van der Waals surface area contributed by atoms with Crippen molar-refractivity contribution in [2.45, 2.75) is 26.2 Å². The van der Waals surface area contributed by atoms with Gasteiger partial charge < -0.3 is 5.32 Å². The molecule has 1 rings (SSSR count). The Hall–Kier alpha value is 0.0500. The fraction of sp³-hybridized carbons (Fsp3) is 0.818. The summed E-state index contributed by atoms with van der Waals surface area (Å²) in [5.74, 6) is 3.41. The normalized spacial score (nSPS) is 22.1. The highest BCUT2D eigenvalue weighted by molar-refractivity contribution is 7.99. The van der Waals surface area contributed by atoms with Gasteiger partial charge in [-0.2, -0.15) is 11.8 Å². The maximum Gasteiger partial charge on any atom is 0.00580 e. The highest BCUT2D eigenvalue weighted by Crippen LogP contribution is 2.16. The Morgan fingerprint density at radius 2 is 2.38 bits per heavy atom. The second-order valence-electron chi connectivity index (χ2n) is 3.55. The Kier molecular flexibility index (Phi) is 6.38. The van der Waals surface area contributed by atoms with Crippen LogP contribution in [0.1, 0.15) is 26.2 Å². The quantitative estimate of drug-likeness (QED) is 0.521. The summed E-state index contributed by atoms with van der Waals surface area (Å²) < 4.78 is 0. The van der Waals surface area contributed by atoms with Crippen LogP contribution in [0.5, 0.6) is 0 Å². The van der Waals surface area contributed by atoms with Crippen LogP contribution < -0.4 is 5.32 Å². The number of allylic oxidation sites excluding steroid dienone is 2. The highest BCUT2D eigenvalue weighted by atomic mass is 32.2. The van der Waals surface area contributed by atoms with E-state index in [1.165, 1.54) is 43.9 Å². The van der Waals surface area contributed by atoms with Crippen molar-refractivity contribution in [3.05, 3.63) is 12.2 Å². The lowest BCUT2D eigenvalue weighted by molar-refractivity contribution is 0.448. The molecule has 1 atom stereocenters. The molecule has 0 amide bonds. The van der Waals surface area contributed by atoms with Crippen LogP contribution in [0.3, 0.4) is 0 Å². The summed E-state index contributed by atoms with van der Waals surface area (Å²) >= 11 is 2.02. The Balaban J connectivity index is 1.90. The van der Waals surface area contributed by atoms with Crippen molar-refractivity contribution in [3.63, 3.8) is 0 Å². The van der Waals surface area contributed by atoms with Gasteiger partial charge in [0.1, 0.15) is 0 Å². The molecule has 0 aromatic carbocycles. The lowest BCUT2D eigenvalue weighted by atomic mass is 9.94. The van der Waals surface area contributed by atoms with Crippen LogP contribution in [0.2, 0.25) is 0 Å². The first-order valence-corrected chi connectivity index (χ1v) is 6.52. The van der Waals surface area contributed by atoms with Crippen molar-refractivity contribution in [1.82, 2.24) is 5.32 Å². The third-order valence-electron chi connectivity index (χ3n) is 2.44. The van der Waals surface area contributed by atoms with E-state index >= 15 is 0 Å². The molecular weight excluding hydrogens is 178 g/mol. The standard InChI is InChI=1S/C11H21NS/c1-2-13-9-8-12-10-11-6-4-3-5-7-11/h3-4,11-12H,2,5-10H2,1H3. The maximum atomic E-state index is 3.54. The van der Waals surface area contributed by atoms with Crippen LogP contribution in [0.4, 0.5) is 0 Å². The molecule has 0 bridgehead atoms. The fourth-order valence-corrected chi connectivity index (χ4v) is 2.21. The summed E-state index contributed by atoms with van der Waals surface area (Å²) in [4.78, 5) is 0. The van der Waals surface area contributed by atoms with Crippen LogP contribution >= 0.6 is 11.8 Å². The topological polar surface area (TPSA) is 12.0 Å². The zero-order valence-corrected chi connectivity index (χ0v) is 9.41. The van der Waals surface area contributed by atoms with E-state index in [0.717, 1.165) is 5.92 Å². The lowest BCUT2D eigenvalue weighted by Crippen LogP contribution is -2.25. The molecule has 1 nitrogen and oxygen atoms in total. The van der Waals surface area contributed by atoms with Crippen molar-refractivity contribution in [2.24, 2.45) is 5.92 Å². The van der Waals surface area contributed by atoms with Gasteiger partial charge in [-0.3, -0.25) is 0 Å². The lowest BCUT2D eigenvalue weighted by Gasteiger charge is -2.17. The van der Waals surface area contributed by atoms with Gasteiger partial charge in [-0.15, -0.1) is 0 Å². The molecule has 1 unspecified atom stereocenters. The average molecular weight is 199 g/mol. The molecule has 76 valence electrons. The number of rotatable bonds is 6. The molecule has 0 aromatic rings. The SMILES string of the molecule is CCSCCNCC1CC=CCC1. The average Bonchev–Trinajstić information content (AvgIpc) is 2.19. The molecule has 0 heterocycles. The molecule has 0 aliphatic heterocycles. The summed E-state index contributed by atoms with van der Waals surface area (Å²) in [6.07, 6.45) is 8.59. The predicted octanol–water partition coefficient (Wildman–Crippen LogP) is 2.69. The zero-order valence-electron chi connectivity index (χ0n) is 8.59. The first-order valence-electron chi connectivity index (χ1n) is 5.37. The molecule has 1 N–H and O–H groups in total. The maximum absolute atomic E-state index is 3.54. The van der Waals surface area contributed by atoms with Gasteiger partial charge in [0.2, 0.25) is 0 Å². The van der Waals surface area contributed by atoms with E-state index in [-0.39, 0.29) is 0 Å². The van der Waals surface area contributed by atoms with Crippen LogP contribution in [0.15, 0.2) is 12.2 Å². The number of hydrogen-bond donors (Lipinski definition) is 1. The Bertz CT molecular complexity index is 145. The number of hydrogen-bond acceptors (Lipinski definition) is 2. The molecular formula is C11H21NS. The van der Waals surface area contributed by atoms with Gasteiger partial charge in [-0.1, -0.05) is 19.1 Å². The summed E-state index contributed by atoms with van der Waals surface area (Å²) in [5, 5.41) is 3.54. The molecule has 0 radical (unpaired) electrons. The molecule has 1 aliphatic rings. The Morgan fingerprint density at radius 3 is 3.08 bits per heavy atom. The molecule has 0 saturated heterocycles. The minimum atomic E-state index is 0.900. The Labute approximate surface area is 86.4 Å². The van der Waals surface area contributed by atoms with Crippen molar-refractivity contribution in [3.8, 4) is 0 Å². The van der Waals surface area contributed by atoms with Crippen molar-refractivity contribution >= 4 is 11.8 Å². The van der Waals surface area contributed by atoms with E-state index in [4.69, 9.17) is 0 Å². The zero-order chi connectivity index (χ0) is 9.36. The van der Waals surface area contributed by atoms with E-state index < -0.39 is 0 Å². The molecule has 0 saturated carbocycles. The first kappa shape index (κ1) is 11.1. The monoisotopic (exact) mass is 199 g/mol. The third kappa shape index (κ3) is 5.37. The predicted molar refractivity (Wildman–Crippen MR) is 62.3 cm³/mol. The first-order chi connectivity index (χ1) is 6.43. The van der Waals surface area contributed by atoms with Crippen LogP contribution in [-0.4, -0.2) is 24.6 Å². The molecule has 0 fully saturated rings. The molecule has 13 heavy (non-hydrogen) atoms. The number of thioether (sulfide) groups is 1. The second kappa shape index (κ2) is 7.45. The van der Waals surface area contributed by atoms with Crippen molar-refractivity contribution < 1.29 is 0 Å². The molecule has 2 heteroatoms. The van der Waals surface area contributed by atoms with E-state index in [2.05, 4.69) is 24.4 Å². The van der Waals surface area contributed by atoms with Crippen LogP contribution in [-0.2, 0) is 0 Å². The summed E-state index contributed by atoms with van der Waals surface area (Å²) in [5.41, 5.74) is 0. The van der Waals surface area contributed by atoms with Gasteiger partial charge in [0.05, 0.1) is 0 Å². The highest BCUT2D eigenvalue weighted by Gasteiger charge is 2.08. The van der Waals surface area contributed by atoms with Crippen molar-refractivity contribution in [1.29, 1.82) is 0 Å². The van der Waals surface area contributed by atoms with E-state index in [1.807, 2.05) is 11.8 Å². The smallest absolute Gasteiger partial charge is 0.00580 e. The summed E-state index contributed by atoms with van der Waals surface area (Å²) in [7, 11) is 0. The minimum absolute atomic E-state index is 0.900. The Morgan fingerprint density at radius 1 is 1.46 bits per heavy atom. The van der Waals surface area contributed by atoms with Gasteiger partial charge >= 0.3 is 0 Å². The summed E-state index contributed by atoms with van der Waals surface area (Å²) in [6, 6.07) is 0. The van der Waals surface area contributed by atoms with E-state index in [1.54, 1.807) is 0 Å². The van der Waals surface area contributed by atoms with E-state index in [0.29, 0.717) is 0 Å². The van der Waals surface area contributed by atoms with Crippen LogP contribution in [0.25, 0.3) is 0 Å². The van der Waals surface area contributed by atoms with Crippen LogP contribution in [0, 0.1) is 5.92 Å². The second-order valence-corrected chi connectivity index (χ2v) is 4.95. The third-order valence-corrected chi connectivity index (χ3v) is 3.34. The molecule has 1 aliphatic carbocycles. The summed E-state index contributed by atoms with van der Waals surface area (Å²) in [6.45, 7) is 4.62. The fourth-order valence-electron chi connectivity index (χ4n) is 1.64. The van der Waals surface area contributed by atoms with Gasteiger partial charge in [0.15, 0.2) is 0 Å². The van der Waals surface area contributed by atoms with Gasteiger partial charge in [0, 0.05) is 12.3 Å². The molecule has 0 aromatic heterocycles. The van der Waals surface area contributed by atoms with Gasteiger partial charge in [-0.05, 0) is 37.5 Å². The number of nitrogens with one attached hydrogen (secondary N) is 1. The molecule has 0 spiro atoms. The van der Waals surface area contributed by atoms with Gasteiger partial charge in [-0.25, -0.2) is 0 Å². The largest absolute Gasteiger partial charge is 0.316 e. The van der Waals surface area contributed by atoms with E-state index in [9.17, 15) is 0 Å². The van der Waals surface area contributed by atoms with Gasteiger partial charge in [0.25, 0.3) is 0 Å². The van der Waals surface area contributed by atoms with Crippen molar-refractivity contribution in [2.75, 3.05) is 24.6 Å².